The zero-order chi connectivity index (χ0) is 13.2. The van der Waals surface area contributed by atoms with E-state index in [-0.39, 0.29) is 5.82 Å². The fourth-order valence-electron chi connectivity index (χ4n) is 1.87. The highest BCUT2D eigenvalue weighted by Crippen LogP contribution is 2.23. The minimum atomic E-state index is -0.258. The molecule has 0 aliphatic heterocycles. The molecule has 3 aromatic rings. The van der Waals surface area contributed by atoms with Gasteiger partial charge in [0, 0.05) is 16.8 Å². The van der Waals surface area contributed by atoms with Gasteiger partial charge in [-0.05, 0) is 42.0 Å². The van der Waals surface area contributed by atoms with Crippen LogP contribution in [-0.4, -0.2) is 9.78 Å². The Bertz CT molecular complexity index is 704. The molecule has 0 spiro atoms. The molecule has 1 aromatic heterocycles. The first kappa shape index (κ1) is 11.9. The molecule has 0 fully saturated rings. The van der Waals surface area contributed by atoms with Gasteiger partial charge in [0.25, 0.3) is 0 Å². The van der Waals surface area contributed by atoms with Gasteiger partial charge in [0.15, 0.2) is 0 Å². The maximum atomic E-state index is 12.9. The van der Waals surface area contributed by atoms with Crippen LogP contribution in [0.15, 0.2) is 60.9 Å². The van der Waals surface area contributed by atoms with E-state index >= 15 is 0 Å². The molecular weight excluding hydrogens is 263 g/mol. The lowest BCUT2D eigenvalue weighted by Crippen LogP contribution is -1.93. The van der Waals surface area contributed by atoms with Crippen LogP contribution in [-0.2, 0) is 0 Å². The molecule has 0 saturated carbocycles. The van der Waals surface area contributed by atoms with Gasteiger partial charge in [-0.15, -0.1) is 0 Å². The molecular formula is C15H10ClFN2. The predicted molar refractivity (Wildman–Crippen MR) is 74.0 cm³/mol. The Morgan fingerprint density at radius 1 is 1.00 bits per heavy atom. The predicted octanol–water partition coefficient (Wildman–Crippen LogP) is 4.33. The van der Waals surface area contributed by atoms with Crippen LogP contribution in [0, 0.1) is 5.82 Å². The fraction of sp³-hybridized carbons (Fsp3) is 0. The van der Waals surface area contributed by atoms with Crippen molar-refractivity contribution < 1.29 is 4.39 Å². The Morgan fingerprint density at radius 3 is 2.53 bits per heavy atom. The summed E-state index contributed by atoms with van der Waals surface area (Å²) in [6.07, 6.45) is 3.65. The third kappa shape index (κ3) is 2.51. The van der Waals surface area contributed by atoms with E-state index in [1.165, 1.54) is 12.1 Å². The average molecular weight is 273 g/mol. The van der Waals surface area contributed by atoms with Crippen LogP contribution in [0.4, 0.5) is 4.39 Å². The van der Waals surface area contributed by atoms with Crippen molar-refractivity contribution in [3.63, 3.8) is 0 Å². The molecule has 2 nitrogen and oxygen atoms in total. The van der Waals surface area contributed by atoms with Gasteiger partial charge in [0.1, 0.15) is 5.82 Å². The van der Waals surface area contributed by atoms with E-state index in [0.29, 0.717) is 5.02 Å². The van der Waals surface area contributed by atoms with E-state index in [2.05, 4.69) is 5.10 Å². The first-order valence-corrected chi connectivity index (χ1v) is 6.17. The highest BCUT2D eigenvalue weighted by Gasteiger charge is 2.04. The van der Waals surface area contributed by atoms with E-state index in [0.717, 1.165) is 16.8 Å². The van der Waals surface area contributed by atoms with Crippen molar-refractivity contribution in [1.82, 2.24) is 9.78 Å². The molecule has 0 N–H and O–H groups in total. The van der Waals surface area contributed by atoms with Crippen molar-refractivity contribution >= 4 is 11.6 Å². The van der Waals surface area contributed by atoms with Gasteiger partial charge in [-0.3, -0.25) is 0 Å². The van der Waals surface area contributed by atoms with Crippen molar-refractivity contribution in [3.8, 4) is 16.8 Å². The topological polar surface area (TPSA) is 17.8 Å². The zero-order valence-electron chi connectivity index (χ0n) is 9.92. The highest BCUT2D eigenvalue weighted by atomic mass is 35.5. The second-order valence-electron chi connectivity index (χ2n) is 4.16. The number of hydrogen-bond donors (Lipinski definition) is 0. The molecule has 0 saturated heterocycles. The lowest BCUT2D eigenvalue weighted by Gasteiger charge is -2.00. The third-order valence-electron chi connectivity index (χ3n) is 2.83. The maximum absolute atomic E-state index is 12.9. The summed E-state index contributed by atoms with van der Waals surface area (Å²) in [6.45, 7) is 0. The molecule has 0 unspecified atom stereocenters. The lowest BCUT2D eigenvalue weighted by atomic mass is 10.1. The molecule has 4 heteroatoms. The van der Waals surface area contributed by atoms with Crippen molar-refractivity contribution in [1.29, 1.82) is 0 Å². The third-order valence-corrected chi connectivity index (χ3v) is 3.07. The number of aromatic nitrogens is 2. The molecule has 19 heavy (non-hydrogen) atoms. The highest BCUT2D eigenvalue weighted by molar-refractivity contribution is 6.30. The molecule has 0 amide bonds. The van der Waals surface area contributed by atoms with E-state index in [1.807, 2.05) is 30.5 Å². The summed E-state index contributed by atoms with van der Waals surface area (Å²) >= 11 is 5.97. The van der Waals surface area contributed by atoms with Crippen LogP contribution >= 0.6 is 11.6 Å². The molecule has 94 valence electrons. The van der Waals surface area contributed by atoms with E-state index in [4.69, 9.17) is 11.6 Å². The Balaban J connectivity index is 1.97. The van der Waals surface area contributed by atoms with E-state index < -0.39 is 0 Å². The monoisotopic (exact) mass is 272 g/mol. The van der Waals surface area contributed by atoms with Gasteiger partial charge in [-0.25, -0.2) is 9.07 Å². The second kappa shape index (κ2) is 4.86. The number of nitrogens with zero attached hydrogens (tertiary/aromatic N) is 2. The summed E-state index contributed by atoms with van der Waals surface area (Å²) in [4.78, 5) is 0. The Labute approximate surface area is 115 Å². The smallest absolute Gasteiger partial charge is 0.123 e. The van der Waals surface area contributed by atoms with Gasteiger partial charge in [-0.1, -0.05) is 23.7 Å². The van der Waals surface area contributed by atoms with Crippen LogP contribution < -0.4 is 0 Å². The van der Waals surface area contributed by atoms with Crippen molar-refractivity contribution in [3.05, 3.63) is 71.8 Å². The van der Waals surface area contributed by atoms with Crippen LogP contribution in [0.5, 0.6) is 0 Å². The number of benzene rings is 2. The number of halogens is 2. The molecule has 2 aromatic carbocycles. The molecule has 1 heterocycles. The largest absolute Gasteiger partial charge is 0.240 e. The molecule has 3 rings (SSSR count). The Hall–Kier alpha value is -2.13. The van der Waals surface area contributed by atoms with Crippen LogP contribution in [0.1, 0.15) is 0 Å². The quantitative estimate of drug-likeness (QED) is 0.679. The van der Waals surface area contributed by atoms with Gasteiger partial charge < -0.3 is 0 Å². The van der Waals surface area contributed by atoms with Gasteiger partial charge in [-0.2, -0.15) is 5.10 Å². The Morgan fingerprint density at radius 2 is 1.79 bits per heavy atom. The summed E-state index contributed by atoms with van der Waals surface area (Å²) < 4.78 is 14.6. The lowest BCUT2D eigenvalue weighted by molar-refractivity contribution is 0.627. The second-order valence-corrected chi connectivity index (χ2v) is 4.60. The minimum absolute atomic E-state index is 0.258. The average Bonchev–Trinajstić information content (AvgIpc) is 2.89. The van der Waals surface area contributed by atoms with Crippen molar-refractivity contribution in [2.45, 2.75) is 0 Å². The van der Waals surface area contributed by atoms with E-state index in [1.54, 1.807) is 23.0 Å². The SMILES string of the molecule is Fc1ccc(-n2cc(-c3cccc(Cl)c3)cn2)cc1. The fourth-order valence-corrected chi connectivity index (χ4v) is 2.07. The van der Waals surface area contributed by atoms with Crippen LogP contribution in [0.3, 0.4) is 0 Å². The zero-order valence-corrected chi connectivity index (χ0v) is 10.7. The Kier molecular flexibility index (Phi) is 3.05. The molecule has 0 atom stereocenters. The van der Waals surface area contributed by atoms with Gasteiger partial charge >= 0.3 is 0 Å². The van der Waals surface area contributed by atoms with Crippen molar-refractivity contribution in [2.24, 2.45) is 0 Å². The summed E-state index contributed by atoms with van der Waals surface area (Å²) in [5.74, 6) is -0.258. The van der Waals surface area contributed by atoms with Crippen LogP contribution in [0.2, 0.25) is 5.02 Å². The normalized spacial score (nSPS) is 10.6. The van der Waals surface area contributed by atoms with Gasteiger partial charge in [0.05, 0.1) is 11.9 Å². The summed E-state index contributed by atoms with van der Waals surface area (Å²) in [5.41, 5.74) is 2.78. The molecule has 0 aliphatic carbocycles. The summed E-state index contributed by atoms with van der Waals surface area (Å²) in [5, 5.41) is 4.96. The van der Waals surface area contributed by atoms with E-state index in [9.17, 15) is 4.39 Å². The van der Waals surface area contributed by atoms with Gasteiger partial charge in [0.2, 0.25) is 0 Å². The van der Waals surface area contributed by atoms with Crippen molar-refractivity contribution in [2.75, 3.05) is 0 Å². The summed E-state index contributed by atoms with van der Waals surface area (Å²) in [7, 11) is 0. The first-order chi connectivity index (χ1) is 9.22. The minimum Gasteiger partial charge on any atom is -0.240 e. The number of rotatable bonds is 2. The van der Waals surface area contributed by atoms with Crippen LogP contribution in [0.25, 0.3) is 16.8 Å². The molecule has 0 bridgehead atoms. The molecule has 0 aliphatic rings. The summed E-state index contributed by atoms with van der Waals surface area (Å²) in [6, 6.07) is 13.8. The first-order valence-electron chi connectivity index (χ1n) is 5.79. The standard InChI is InChI=1S/C15H10ClFN2/c16-13-3-1-2-11(8-13)12-9-18-19(10-12)15-6-4-14(17)5-7-15/h1-10H. The number of hydrogen-bond acceptors (Lipinski definition) is 1. The maximum Gasteiger partial charge on any atom is 0.123 e. The molecule has 0 radical (unpaired) electrons.